The van der Waals surface area contributed by atoms with Gasteiger partial charge in [-0.1, -0.05) is 0 Å². The summed E-state index contributed by atoms with van der Waals surface area (Å²) in [5.74, 6) is 0. The minimum Gasteiger partial charge on any atom is -0.395 e. The molecule has 0 aromatic carbocycles. The third-order valence-electron chi connectivity index (χ3n) is 3.23. The van der Waals surface area contributed by atoms with Crippen molar-refractivity contribution in [2.75, 3.05) is 6.61 Å². The Bertz CT molecular complexity index is 566. The van der Waals surface area contributed by atoms with Crippen LogP contribution in [0.1, 0.15) is 18.2 Å². The molecule has 8 nitrogen and oxygen atoms in total. The van der Waals surface area contributed by atoms with Crippen molar-refractivity contribution < 1.29 is 14.9 Å². The molecular weight excluding hydrogens is 254 g/mol. The van der Waals surface area contributed by atoms with Crippen LogP contribution in [0, 0.1) is 6.92 Å². The van der Waals surface area contributed by atoms with E-state index in [0.29, 0.717) is 5.56 Å². The van der Waals surface area contributed by atoms with E-state index in [1.54, 1.807) is 6.92 Å². The second-order valence-corrected chi connectivity index (χ2v) is 4.68. The molecule has 0 spiro atoms. The molecule has 2 rings (SSSR count). The molecule has 19 heavy (non-hydrogen) atoms. The van der Waals surface area contributed by atoms with Crippen LogP contribution in [0.4, 0.5) is 0 Å². The summed E-state index contributed by atoms with van der Waals surface area (Å²) in [4.78, 5) is 25.1. The van der Waals surface area contributed by atoms with Crippen molar-refractivity contribution in [2.45, 2.75) is 37.8 Å². The van der Waals surface area contributed by atoms with Crippen molar-refractivity contribution in [1.29, 1.82) is 0 Å². The van der Waals surface area contributed by atoms with Crippen LogP contribution >= 0.6 is 0 Å². The van der Waals surface area contributed by atoms with Gasteiger partial charge in [-0.3, -0.25) is 14.3 Å². The van der Waals surface area contributed by atoms with E-state index in [-0.39, 0.29) is 13.0 Å². The van der Waals surface area contributed by atoms with E-state index >= 15 is 0 Å². The highest BCUT2D eigenvalue weighted by Crippen LogP contribution is 2.28. The summed E-state index contributed by atoms with van der Waals surface area (Å²) in [5.41, 5.74) is 4.93. The second kappa shape index (κ2) is 5.25. The van der Waals surface area contributed by atoms with E-state index in [1.807, 2.05) is 0 Å². The summed E-state index contributed by atoms with van der Waals surface area (Å²) in [6, 6.07) is -0.723. The number of aromatic nitrogens is 2. The molecule has 8 heteroatoms. The minimum absolute atomic E-state index is 0.170. The van der Waals surface area contributed by atoms with Crippen molar-refractivity contribution in [2.24, 2.45) is 5.73 Å². The Morgan fingerprint density at radius 2 is 2.32 bits per heavy atom. The SMILES string of the molecule is Cc1cn([C@H]2C[C@H](O)[C@@H](C(N)CO)O2)c(=O)[nH]c1=O. The van der Waals surface area contributed by atoms with Crippen molar-refractivity contribution in [1.82, 2.24) is 9.55 Å². The lowest BCUT2D eigenvalue weighted by Gasteiger charge is -2.20. The monoisotopic (exact) mass is 271 g/mol. The Hall–Kier alpha value is -1.48. The van der Waals surface area contributed by atoms with Gasteiger partial charge in [0.2, 0.25) is 0 Å². The number of aromatic amines is 1. The van der Waals surface area contributed by atoms with E-state index < -0.39 is 35.7 Å². The van der Waals surface area contributed by atoms with E-state index in [4.69, 9.17) is 15.6 Å². The van der Waals surface area contributed by atoms with Gasteiger partial charge in [0.1, 0.15) is 12.3 Å². The van der Waals surface area contributed by atoms with E-state index in [0.717, 1.165) is 0 Å². The van der Waals surface area contributed by atoms with Crippen LogP contribution in [0.2, 0.25) is 0 Å². The summed E-state index contributed by atoms with van der Waals surface area (Å²) in [5, 5.41) is 18.8. The highest BCUT2D eigenvalue weighted by molar-refractivity contribution is 5.02. The zero-order valence-corrected chi connectivity index (χ0v) is 10.4. The Balaban J connectivity index is 2.28. The maximum Gasteiger partial charge on any atom is 0.330 e. The summed E-state index contributed by atoms with van der Waals surface area (Å²) >= 11 is 0. The Morgan fingerprint density at radius 1 is 1.63 bits per heavy atom. The molecule has 4 atom stereocenters. The standard InChI is InChI=1S/C11H17N3O5/c1-5-3-14(11(18)13-10(5)17)8-2-7(16)9(19-8)6(12)4-15/h3,6-9,15-16H,2,4,12H2,1H3,(H,13,17,18)/t6?,7-,8+,9+/m0/s1. The fraction of sp³-hybridized carbons (Fsp3) is 0.636. The predicted octanol–water partition coefficient (Wildman–Crippen LogP) is -2.19. The Labute approximate surface area is 108 Å². The number of ether oxygens (including phenoxy) is 1. The molecule has 0 saturated carbocycles. The van der Waals surface area contributed by atoms with Crippen LogP contribution in [0.15, 0.2) is 15.8 Å². The zero-order valence-electron chi connectivity index (χ0n) is 10.4. The molecule has 0 bridgehead atoms. The number of hydrogen-bond acceptors (Lipinski definition) is 6. The molecule has 2 heterocycles. The molecule has 5 N–H and O–H groups in total. The first-order valence-electron chi connectivity index (χ1n) is 5.96. The lowest BCUT2D eigenvalue weighted by atomic mass is 10.1. The van der Waals surface area contributed by atoms with Gasteiger partial charge in [-0.05, 0) is 6.92 Å². The number of nitrogens with two attached hydrogens (primary N) is 1. The first-order valence-corrected chi connectivity index (χ1v) is 5.96. The Morgan fingerprint density at radius 3 is 2.95 bits per heavy atom. The van der Waals surface area contributed by atoms with Crippen LogP contribution in [-0.2, 0) is 4.74 Å². The van der Waals surface area contributed by atoms with Crippen LogP contribution in [0.3, 0.4) is 0 Å². The van der Waals surface area contributed by atoms with Gasteiger partial charge in [0.05, 0.1) is 18.8 Å². The largest absolute Gasteiger partial charge is 0.395 e. The van der Waals surface area contributed by atoms with Crippen LogP contribution in [-0.4, -0.2) is 44.6 Å². The normalized spacial score (nSPS) is 28.5. The minimum atomic E-state index is -0.869. The third-order valence-corrected chi connectivity index (χ3v) is 3.23. The lowest BCUT2D eigenvalue weighted by molar-refractivity contribution is -0.0408. The summed E-state index contributed by atoms with van der Waals surface area (Å²) in [6.45, 7) is 1.24. The van der Waals surface area contributed by atoms with Gasteiger partial charge in [0.15, 0.2) is 0 Å². The van der Waals surface area contributed by atoms with Gasteiger partial charge in [-0.2, -0.15) is 0 Å². The summed E-state index contributed by atoms with van der Waals surface area (Å²) < 4.78 is 6.71. The number of rotatable bonds is 3. The molecule has 1 saturated heterocycles. The van der Waals surface area contributed by atoms with Crippen LogP contribution in [0.25, 0.3) is 0 Å². The average molecular weight is 271 g/mol. The number of aryl methyl sites for hydroxylation is 1. The third kappa shape index (κ3) is 2.61. The van der Waals surface area contributed by atoms with Gasteiger partial charge in [0.25, 0.3) is 5.56 Å². The fourth-order valence-electron chi connectivity index (χ4n) is 2.14. The average Bonchev–Trinajstić information content (AvgIpc) is 2.75. The molecule has 0 aliphatic carbocycles. The summed E-state index contributed by atoms with van der Waals surface area (Å²) in [7, 11) is 0. The quantitative estimate of drug-likeness (QED) is 0.494. The van der Waals surface area contributed by atoms with Gasteiger partial charge < -0.3 is 20.7 Å². The van der Waals surface area contributed by atoms with E-state index in [2.05, 4.69) is 4.98 Å². The zero-order chi connectivity index (χ0) is 14.2. The van der Waals surface area contributed by atoms with Crippen molar-refractivity contribution >= 4 is 0 Å². The number of nitrogens with one attached hydrogen (secondary N) is 1. The fourth-order valence-corrected chi connectivity index (χ4v) is 2.14. The smallest absolute Gasteiger partial charge is 0.330 e. The van der Waals surface area contributed by atoms with E-state index in [9.17, 15) is 14.7 Å². The van der Waals surface area contributed by atoms with Crippen LogP contribution in [0.5, 0.6) is 0 Å². The first kappa shape index (κ1) is 13.9. The number of aliphatic hydroxyl groups excluding tert-OH is 2. The molecule has 1 aliphatic heterocycles. The molecule has 106 valence electrons. The summed E-state index contributed by atoms with van der Waals surface area (Å²) in [6.07, 6.45) is -0.768. The molecule has 0 amide bonds. The van der Waals surface area contributed by atoms with Crippen molar-refractivity contribution in [3.63, 3.8) is 0 Å². The maximum atomic E-state index is 11.7. The van der Waals surface area contributed by atoms with Gasteiger partial charge in [0, 0.05) is 18.2 Å². The highest BCUT2D eigenvalue weighted by Gasteiger charge is 2.38. The van der Waals surface area contributed by atoms with Gasteiger partial charge in [-0.15, -0.1) is 0 Å². The predicted molar refractivity (Wildman–Crippen MR) is 65.7 cm³/mol. The van der Waals surface area contributed by atoms with E-state index in [1.165, 1.54) is 10.8 Å². The molecule has 1 unspecified atom stereocenters. The maximum absolute atomic E-state index is 11.7. The molecule has 1 aromatic heterocycles. The first-order chi connectivity index (χ1) is 8.93. The molecule has 1 aliphatic rings. The highest BCUT2D eigenvalue weighted by atomic mass is 16.5. The lowest BCUT2D eigenvalue weighted by Crippen LogP contribution is -2.43. The number of nitrogens with zero attached hydrogens (tertiary/aromatic N) is 1. The molecule has 1 fully saturated rings. The number of aliphatic hydroxyl groups is 2. The van der Waals surface area contributed by atoms with Crippen molar-refractivity contribution in [3.05, 3.63) is 32.6 Å². The number of hydrogen-bond donors (Lipinski definition) is 4. The second-order valence-electron chi connectivity index (χ2n) is 4.68. The Kier molecular flexibility index (Phi) is 3.85. The van der Waals surface area contributed by atoms with Gasteiger partial charge >= 0.3 is 5.69 Å². The molecular formula is C11H17N3O5. The topological polar surface area (TPSA) is 131 Å². The van der Waals surface area contributed by atoms with Crippen molar-refractivity contribution in [3.8, 4) is 0 Å². The van der Waals surface area contributed by atoms with Gasteiger partial charge in [-0.25, -0.2) is 4.79 Å². The number of H-pyrrole nitrogens is 1. The van der Waals surface area contributed by atoms with Crippen LogP contribution < -0.4 is 17.0 Å². The molecule has 1 aromatic rings. The molecule has 0 radical (unpaired) electrons.